The highest BCUT2D eigenvalue weighted by Gasteiger charge is 2.11. The van der Waals surface area contributed by atoms with Gasteiger partial charge in [-0.05, 0) is 35.9 Å². The van der Waals surface area contributed by atoms with E-state index in [0.717, 1.165) is 16.5 Å². The van der Waals surface area contributed by atoms with Crippen molar-refractivity contribution in [2.24, 2.45) is 4.99 Å². The van der Waals surface area contributed by atoms with Crippen LogP contribution < -0.4 is 10.1 Å². The lowest BCUT2D eigenvalue weighted by Gasteiger charge is -2.06. The number of nitrogens with zero attached hydrogens (tertiary/aromatic N) is 2. The van der Waals surface area contributed by atoms with Gasteiger partial charge in [0.25, 0.3) is 5.91 Å². The summed E-state index contributed by atoms with van der Waals surface area (Å²) in [5, 5.41) is 2.75. The first-order chi connectivity index (χ1) is 14.7. The predicted molar refractivity (Wildman–Crippen MR) is 120 cm³/mol. The van der Waals surface area contributed by atoms with Gasteiger partial charge in [-0.3, -0.25) is 9.59 Å². The lowest BCUT2D eigenvalue weighted by atomic mass is 10.1. The van der Waals surface area contributed by atoms with Crippen LogP contribution in [-0.2, 0) is 37.1 Å². The predicted octanol–water partition coefficient (Wildman–Crippen LogP) is 2.38. The first-order valence-electron chi connectivity index (χ1n) is 9.44. The van der Waals surface area contributed by atoms with E-state index in [1.807, 2.05) is 16.7 Å². The van der Waals surface area contributed by atoms with Crippen molar-refractivity contribution in [1.29, 1.82) is 0 Å². The number of fused-ring (bicyclic) bond motifs is 1. The first kappa shape index (κ1) is 22.9. The van der Waals surface area contributed by atoms with Crippen LogP contribution >= 0.6 is 11.3 Å². The summed E-state index contributed by atoms with van der Waals surface area (Å²) in [5.41, 5.74) is 2.24. The summed E-state index contributed by atoms with van der Waals surface area (Å²) in [7, 11) is -1.68. The molecular weight excluding hydrogens is 438 g/mol. The fraction of sp³-hybridized carbons (Fsp3) is 0.286. The molecule has 10 heteroatoms. The van der Waals surface area contributed by atoms with Gasteiger partial charge in [0.2, 0.25) is 5.91 Å². The molecule has 31 heavy (non-hydrogen) atoms. The normalized spacial score (nSPS) is 12.3. The van der Waals surface area contributed by atoms with Crippen molar-refractivity contribution >= 4 is 48.9 Å². The van der Waals surface area contributed by atoms with E-state index in [2.05, 4.69) is 10.3 Å². The largest absolute Gasteiger partial charge is 0.383 e. The summed E-state index contributed by atoms with van der Waals surface area (Å²) in [4.78, 5) is 29.0. The van der Waals surface area contributed by atoms with Gasteiger partial charge in [0.1, 0.15) is 0 Å². The standard InChI is InChI=1S/C21H23N3O5S2/c1-14(25)22-16-6-9-18-19(13-16)30-21(24(18)10-11-29-2)23-20(26)12-15-4-7-17(8-5-15)31(3,27)28/h4-9,13H,10-12H2,1-3H3,(H,22,25). The van der Waals surface area contributed by atoms with Crippen LogP contribution in [0.25, 0.3) is 10.2 Å². The number of carbonyl (C=O) groups excluding carboxylic acids is 2. The molecule has 0 unspecified atom stereocenters. The Morgan fingerprint density at radius 1 is 1.16 bits per heavy atom. The van der Waals surface area contributed by atoms with Crippen molar-refractivity contribution in [3.63, 3.8) is 0 Å². The Kier molecular flexibility index (Phi) is 7.04. The van der Waals surface area contributed by atoms with E-state index >= 15 is 0 Å². The second-order valence-electron chi connectivity index (χ2n) is 6.99. The zero-order valence-electron chi connectivity index (χ0n) is 17.4. The van der Waals surface area contributed by atoms with Gasteiger partial charge in [0, 0.05) is 32.5 Å². The maximum absolute atomic E-state index is 12.6. The minimum Gasteiger partial charge on any atom is -0.383 e. The van der Waals surface area contributed by atoms with E-state index in [0.29, 0.717) is 29.2 Å². The minimum atomic E-state index is -3.29. The van der Waals surface area contributed by atoms with E-state index in [-0.39, 0.29) is 23.1 Å². The Labute approximate surface area is 184 Å². The average Bonchev–Trinajstić information content (AvgIpc) is 3.01. The summed E-state index contributed by atoms with van der Waals surface area (Å²) in [6, 6.07) is 11.7. The molecule has 1 heterocycles. The Morgan fingerprint density at radius 2 is 1.87 bits per heavy atom. The Bertz CT molecular complexity index is 1290. The van der Waals surface area contributed by atoms with Crippen molar-refractivity contribution in [2.75, 3.05) is 25.3 Å². The van der Waals surface area contributed by atoms with Crippen LogP contribution in [-0.4, -0.2) is 44.8 Å². The lowest BCUT2D eigenvalue weighted by Crippen LogP contribution is -2.19. The molecule has 1 aromatic heterocycles. The molecule has 3 aromatic rings. The van der Waals surface area contributed by atoms with E-state index in [1.54, 1.807) is 25.3 Å². The minimum absolute atomic E-state index is 0.0553. The number of hydrogen-bond donors (Lipinski definition) is 1. The maximum Gasteiger partial charge on any atom is 0.252 e. The van der Waals surface area contributed by atoms with Gasteiger partial charge in [0.05, 0.1) is 28.1 Å². The molecule has 0 spiro atoms. The van der Waals surface area contributed by atoms with Crippen molar-refractivity contribution < 1.29 is 22.7 Å². The molecule has 0 aliphatic rings. The third-order valence-corrected chi connectivity index (χ3v) is 6.62. The summed E-state index contributed by atoms with van der Waals surface area (Å²) in [6.45, 7) is 2.41. The topological polar surface area (TPSA) is 107 Å². The van der Waals surface area contributed by atoms with Gasteiger partial charge >= 0.3 is 0 Å². The molecule has 2 aromatic carbocycles. The van der Waals surface area contributed by atoms with Crippen LogP contribution in [0.4, 0.5) is 5.69 Å². The molecular formula is C21H23N3O5S2. The lowest BCUT2D eigenvalue weighted by molar-refractivity contribution is -0.117. The zero-order valence-corrected chi connectivity index (χ0v) is 19.0. The van der Waals surface area contributed by atoms with E-state index in [1.165, 1.54) is 30.4 Å². The number of nitrogens with one attached hydrogen (secondary N) is 1. The number of methoxy groups -OCH3 is 1. The van der Waals surface area contributed by atoms with Crippen molar-refractivity contribution in [2.45, 2.75) is 24.8 Å². The van der Waals surface area contributed by atoms with Crippen LogP contribution in [0.1, 0.15) is 12.5 Å². The first-order valence-corrected chi connectivity index (χ1v) is 12.1. The Balaban J connectivity index is 1.93. The fourth-order valence-electron chi connectivity index (χ4n) is 3.01. The highest BCUT2D eigenvalue weighted by molar-refractivity contribution is 7.90. The summed E-state index contributed by atoms with van der Waals surface area (Å²) >= 11 is 1.35. The molecule has 0 radical (unpaired) electrons. The molecule has 2 amide bonds. The number of thiazole rings is 1. The van der Waals surface area contributed by atoms with E-state index in [4.69, 9.17) is 4.74 Å². The molecule has 3 rings (SSSR count). The van der Waals surface area contributed by atoms with Crippen molar-refractivity contribution in [1.82, 2.24) is 4.57 Å². The summed E-state index contributed by atoms with van der Waals surface area (Å²) in [5.74, 6) is -0.503. The second kappa shape index (κ2) is 9.54. The van der Waals surface area contributed by atoms with Gasteiger partial charge in [-0.15, -0.1) is 0 Å². The van der Waals surface area contributed by atoms with Gasteiger partial charge in [-0.25, -0.2) is 8.42 Å². The second-order valence-corrected chi connectivity index (χ2v) is 10.0. The number of anilines is 1. The molecule has 1 N–H and O–H groups in total. The number of hydrogen-bond acceptors (Lipinski definition) is 6. The van der Waals surface area contributed by atoms with Gasteiger partial charge in [-0.2, -0.15) is 4.99 Å². The van der Waals surface area contributed by atoms with Crippen LogP contribution in [0.2, 0.25) is 0 Å². The molecule has 0 aliphatic carbocycles. The van der Waals surface area contributed by atoms with Gasteiger partial charge < -0.3 is 14.6 Å². The summed E-state index contributed by atoms with van der Waals surface area (Å²) in [6.07, 6.45) is 1.19. The Morgan fingerprint density at radius 3 is 2.48 bits per heavy atom. The van der Waals surface area contributed by atoms with E-state index in [9.17, 15) is 18.0 Å². The third-order valence-electron chi connectivity index (χ3n) is 4.45. The number of aromatic nitrogens is 1. The van der Waals surface area contributed by atoms with Crippen molar-refractivity contribution in [3.05, 3.63) is 52.8 Å². The molecule has 8 nitrogen and oxygen atoms in total. The third kappa shape index (κ3) is 5.87. The van der Waals surface area contributed by atoms with E-state index < -0.39 is 9.84 Å². The van der Waals surface area contributed by atoms with Crippen LogP contribution in [0.5, 0.6) is 0 Å². The SMILES string of the molecule is COCCn1c(=NC(=O)Cc2ccc(S(C)(=O)=O)cc2)sc2cc(NC(C)=O)ccc21. The zero-order chi connectivity index (χ0) is 22.6. The molecule has 0 saturated carbocycles. The quantitative estimate of drug-likeness (QED) is 0.581. The number of amides is 2. The number of ether oxygens (including phenoxy) is 1. The molecule has 0 saturated heterocycles. The number of rotatable bonds is 7. The van der Waals surface area contributed by atoms with Crippen LogP contribution in [0, 0.1) is 0 Å². The average molecular weight is 462 g/mol. The smallest absolute Gasteiger partial charge is 0.252 e. The summed E-state index contributed by atoms with van der Waals surface area (Å²) < 4.78 is 31.1. The molecule has 0 atom stereocenters. The molecule has 0 fully saturated rings. The number of sulfone groups is 1. The number of carbonyl (C=O) groups is 2. The monoisotopic (exact) mass is 461 g/mol. The number of benzene rings is 2. The maximum atomic E-state index is 12.6. The van der Waals surface area contributed by atoms with Crippen molar-refractivity contribution in [3.8, 4) is 0 Å². The highest BCUT2D eigenvalue weighted by Crippen LogP contribution is 2.22. The fourth-order valence-corrected chi connectivity index (χ4v) is 4.76. The van der Waals surface area contributed by atoms with Gasteiger partial charge in [-0.1, -0.05) is 23.5 Å². The Hall–Kier alpha value is -2.82. The molecule has 164 valence electrons. The van der Waals surface area contributed by atoms with Gasteiger partial charge in [0.15, 0.2) is 14.6 Å². The molecule has 0 aliphatic heterocycles. The molecule has 0 bridgehead atoms. The van der Waals surface area contributed by atoms with Crippen LogP contribution in [0.3, 0.4) is 0 Å². The highest BCUT2D eigenvalue weighted by atomic mass is 32.2. The van der Waals surface area contributed by atoms with Crippen LogP contribution in [0.15, 0.2) is 52.4 Å².